The number of anilines is 1. The molecule has 0 fully saturated rings. The Balaban J connectivity index is 2.07. The molecular weight excluding hydrogens is 318 g/mol. The molecule has 0 unspecified atom stereocenters. The molecule has 0 aliphatic carbocycles. The highest BCUT2D eigenvalue weighted by Gasteiger charge is 2.16. The molecule has 1 aromatic rings. The maximum absolute atomic E-state index is 11.6. The van der Waals surface area contributed by atoms with Crippen molar-refractivity contribution in [3.05, 3.63) is 16.6 Å². The van der Waals surface area contributed by atoms with Crippen LogP contribution >= 0.6 is 15.9 Å². The summed E-state index contributed by atoms with van der Waals surface area (Å²) >= 11 is 3.33. The van der Waals surface area contributed by atoms with Crippen molar-refractivity contribution in [2.75, 3.05) is 25.1 Å². The average Bonchev–Trinajstić information content (AvgIpc) is 2.37. The van der Waals surface area contributed by atoms with E-state index in [2.05, 4.69) is 26.0 Å². The minimum Gasteiger partial charge on any atom is -0.486 e. The number of carbonyl (C=O) groups excluding carboxylic acids is 2. The third-order valence-electron chi connectivity index (χ3n) is 2.31. The molecule has 0 radical (unpaired) electrons. The SMILES string of the molecule is CC(=O)OCC(=O)Nc1cc2c(cc1Br)OCCO2. The van der Waals surface area contributed by atoms with Gasteiger partial charge in [0.05, 0.1) is 5.69 Å². The largest absolute Gasteiger partial charge is 0.486 e. The van der Waals surface area contributed by atoms with E-state index in [-0.39, 0.29) is 6.61 Å². The Morgan fingerprint density at radius 1 is 1.32 bits per heavy atom. The molecule has 0 atom stereocenters. The number of hydrogen-bond acceptors (Lipinski definition) is 5. The van der Waals surface area contributed by atoms with Crippen LogP contribution in [0.3, 0.4) is 0 Å². The van der Waals surface area contributed by atoms with Crippen LogP contribution in [0.4, 0.5) is 5.69 Å². The summed E-state index contributed by atoms with van der Waals surface area (Å²) in [5, 5.41) is 2.62. The Morgan fingerprint density at radius 3 is 2.58 bits per heavy atom. The average molecular weight is 330 g/mol. The molecule has 102 valence electrons. The Kier molecular flexibility index (Phi) is 4.26. The van der Waals surface area contributed by atoms with E-state index in [1.165, 1.54) is 6.92 Å². The normalized spacial score (nSPS) is 12.7. The van der Waals surface area contributed by atoms with Crippen LogP contribution in [0.1, 0.15) is 6.92 Å². The number of carbonyl (C=O) groups is 2. The molecule has 0 aromatic heterocycles. The van der Waals surface area contributed by atoms with E-state index in [4.69, 9.17) is 9.47 Å². The van der Waals surface area contributed by atoms with E-state index in [0.717, 1.165) is 0 Å². The van der Waals surface area contributed by atoms with Gasteiger partial charge in [-0.3, -0.25) is 9.59 Å². The number of benzene rings is 1. The number of esters is 1. The molecule has 1 aliphatic rings. The Morgan fingerprint density at radius 2 is 1.95 bits per heavy atom. The molecule has 1 N–H and O–H groups in total. The monoisotopic (exact) mass is 329 g/mol. The van der Waals surface area contributed by atoms with Crippen molar-refractivity contribution in [2.24, 2.45) is 0 Å². The summed E-state index contributed by atoms with van der Waals surface area (Å²) in [6.45, 7) is 1.89. The first-order chi connectivity index (χ1) is 9.06. The summed E-state index contributed by atoms with van der Waals surface area (Å²) in [5.74, 6) is 0.261. The molecule has 0 saturated carbocycles. The topological polar surface area (TPSA) is 73.9 Å². The molecule has 1 aliphatic heterocycles. The summed E-state index contributed by atoms with van der Waals surface area (Å²) in [6.07, 6.45) is 0. The minimum absolute atomic E-state index is 0.323. The van der Waals surface area contributed by atoms with Gasteiger partial charge in [-0.25, -0.2) is 0 Å². The predicted octanol–water partition coefficient (Wildman–Crippen LogP) is 1.72. The number of nitrogens with one attached hydrogen (secondary N) is 1. The molecule has 1 amide bonds. The molecule has 7 heteroatoms. The van der Waals surface area contributed by atoms with Crippen molar-refractivity contribution in [1.82, 2.24) is 0 Å². The van der Waals surface area contributed by atoms with Crippen LogP contribution in [-0.2, 0) is 14.3 Å². The van der Waals surface area contributed by atoms with E-state index in [9.17, 15) is 9.59 Å². The van der Waals surface area contributed by atoms with Gasteiger partial charge in [0, 0.05) is 23.5 Å². The molecule has 1 aromatic carbocycles. The lowest BCUT2D eigenvalue weighted by Gasteiger charge is -2.20. The van der Waals surface area contributed by atoms with E-state index in [0.29, 0.717) is 34.9 Å². The first kappa shape index (κ1) is 13.7. The lowest BCUT2D eigenvalue weighted by atomic mass is 10.2. The van der Waals surface area contributed by atoms with Crippen LogP contribution in [0.15, 0.2) is 16.6 Å². The van der Waals surface area contributed by atoms with Crippen LogP contribution in [0.25, 0.3) is 0 Å². The number of hydrogen-bond donors (Lipinski definition) is 1. The highest BCUT2D eigenvalue weighted by molar-refractivity contribution is 9.10. The quantitative estimate of drug-likeness (QED) is 0.855. The molecule has 0 spiro atoms. The van der Waals surface area contributed by atoms with E-state index in [1.807, 2.05) is 0 Å². The Labute approximate surface area is 118 Å². The van der Waals surface area contributed by atoms with Crippen molar-refractivity contribution in [2.45, 2.75) is 6.92 Å². The van der Waals surface area contributed by atoms with Crippen LogP contribution in [0.2, 0.25) is 0 Å². The van der Waals surface area contributed by atoms with Gasteiger partial charge >= 0.3 is 5.97 Å². The molecule has 0 saturated heterocycles. The van der Waals surface area contributed by atoms with E-state index >= 15 is 0 Å². The first-order valence-electron chi connectivity index (χ1n) is 5.58. The zero-order valence-electron chi connectivity index (χ0n) is 10.2. The summed E-state index contributed by atoms with van der Waals surface area (Å²) in [4.78, 5) is 22.2. The molecule has 0 bridgehead atoms. The summed E-state index contributed by atoms with van der Waals surface area (Å²) in [5.41, 5.74) is 0.529. The van der Waals surface area contributed by atoms with Gasteiger partial charge in [0.25, 0.3) is 5.91 Å². The third-order valence-corrected chi connectivity index (χ3v) is 2.97. The highest BCUT2D eigenvalue weighted by Crippen LogP contribution is 2.38. The van der Waals surface area contributed by atoms with Gasteiger partial charge in [-0.15, -0.1) is 0 Å². The standard InChI is InChI=1S/C12H12BrNO5/c1-7(15)19-6-12(16)14-9-5-11-10(4-8(9)13)17-2-3-18-11/h4-5H,2-3,6H2,1H3,(H,14,16). The van der Waals surface area contributed by atoms with Gasteiger partial charge < -0.3 is 19.5 Å². The van der Waals surface area contributed by atoms with Crippen LogP contribution in [0, 0.1) is 0 Å². The van der Waals surface area contributed by atoms with Crippen molar-refractivity contribution in [3.63, 3.8) is 0 Å². The second-order valence-electron chi connectivity index (χ2n) is 3.80. The van der Waals surface area contributed by atoms with E-state index in [1.54, 1.807) is 12.1 Å². The first-order valence-corrected chi connectivity index (χ1v) is 6.38. The van der Waals surface area contributed by atoms with Gasteiger partial charge in [-0.2, -0.15) is 0 Å². The summed E-state index contributed by atoms with van der Waals surface area (Å²) in [6, 6.07) is 3.38. The van der Waals surface area contributed by atoms with Gasteiger partial charge in [0.1, 0.15) is 13.2 Å². The Hall–Kier alpha value is -1.76. The lowest BCUT2D eigenvalue weighted by molar-refractivity contribution is -0.144. The number of ether oxygens (including phenoxy) is 3. The van der Waals surface area contributed by atoms with Gasteiger partial charge in [-0.1, -0.05) is 0 Å². The van der Waals surface area contributed by atoms with Crippen molar-refractivity contribution >= 4 is 33.5 Å². The van der Waals surface area contributed by atoms with Crippen LogP contribution in [-0.4, -0.2) is 31.7 Å². The fraction of sp³-hybridized carbons (Fsp3) is 0.333. The van der Waals surface area contributed by atoms with Gasteiger partial charge in [0.15, 0.2) is 18.1 Å². The number of amides is 1. The lowest BCUT2D eigenvalue weighted by Crippen LogP contribution is -2.20. The van der Waals surface area contributed by atoms with Crippen LogP contribution < -0.4 is 14.8 Å². The van der Waals surface area contributed by atoms with Crippen molar-refractivity contribution in [1.29, 1.82) is 0 Å². The van der Waals surface area contributed by atoms with Gasteiger partial charge in [0.2, 0.25) is 0 Å². The fourth-order valence-electron chi connectivity index (χ4n) is 1.51. The molecule has 19 heavy (non-hydrogen) atoms. The zero-order chi connectivity index (χ0) is 13.8. The smallest absolute Gasteiger partial charge is 0.303 e. The zero-order valence-corrected chi connectivity index (χ0v) is 11.8. The Bertz CT molecular complexity index is 517. The molecule has 1 heterocycles. The number of halogens is 1. The molecule has 6 nitrogen and oxygen atoms in total. The second kappa shape index (κ2) is 5.92. The summed E-state index contributed by atoms with van der Waals surface area (Å²) in [7, 11) is 0. The van der Waals surface area contributed by atoms with Crippen molar-refractivity contribution in [3.8, 4) is 11.5 Å². The van der Waals surface area contributed by atoms with Crippen LogP contribution in [0.5, 0.6) is 11.5 Å². The van der Waals surface area contributed by atoms with Crippen molar-refractivity contribution < 1.29 is 23.8 Å². The van der Waals surface area contributed by atoms with Gasteiger partial charge in [-0.05, 0) is 15.9 Å². The predicted molar refractivity (Wildman–Crippen MR) is 70.4 cm³/mol. The fourth-order valence-corrected chi connectivity index (χ4v) is 1.93. The number of fused-ring (bicyclic) bond motifs is 1. The third kappa shape index (κ3) is 3.60. The summed E-state index contributed by atoms with van der Waals surface area (Å²) < 4.78 is 16.1. The maximum Gasteiger partial charge on any atom is 0.303 e. The van der Waals surface area contributed by atoms with E-state index < -0.39 is 11.9 Å². The highest BCUT2D eigenvalue weighted by atomic mass is 79.9. The molecular formula is C12H12BrNO5. The number of rotatable bonds is 3. The minimum atomic E-state index is -0.503. The maximum atomic E-state index is 11.6. The second-order valence-corrected chi connectivity index (χ2v) is 4.66. The molecule has 2 rings (SSSR count).